The van der Waals surface area contributed by atoms with Crippen LogP contribution in [-0.4, -0.2) is 9.36 Å². The summed E-state index contributed by atoms with van der Waals surface area (Å²) in [6.07, 6.45) is 0. The Morgan fingerprint density at radius 2 is 2.00 bits per heavy atom. The van der Waals surface area contributed by atoms with E-state index in [2.05, 4.69) is 14.9 Å². The van der Waals surface area contributed by atoms with Crippen LogP contribution in [0.15, 0.2) is 24.3 Å². The fourth-order valence-electron chi connectivity index (χ4n) is 0.864. The van der Waals surface area contributed by atoms with Crippen LogP contribution in [0, 0.1) is 5.51 Å². The summed E-state index contributed by atoms with van der Waals surface area (Å²) in [5.74, 6) is 0.705. The second-order valence-corrected chi connectivity index (χ2v) is 3.20. The maximum atomic E-state index is 5.73. The average molecular weight is 196 g/mol. The summed E-state index contributed by atoms with van der Waals surface area (Å²) in [5, 5.41) is 0.720. The molecule has 0 bridgehead atoms. The predicted octanol–water partition coefficient (Wildman–Crippen LogP) is 2.66. The third kappa shape index (κ3) is 1.47. The van der Waals surface area contributed by atoms with Gasteiger partial charge in [0.2, 0.25) is 0 Å². The summed E-state index contributed by atoms with van der Waals surface area (Å²) < 4.78 is 4.05. The number of rotatable bonds is 1. The van der Waals surface area contributed by atoms with Crippen LogP contribution in [0.4, 0.5) is 0 Å². The third-order valence-electron chi connectivity index (χ3n) is 1.43. The van der Waals surface area contributed by atoms with Crippen molar-refractivity contribution in [2.45, 2.75) is 0 Å². The zero-order valence-electron chi connectivity index (χ0n) is 5.99. The second-order valence-electron chi connectivity index (χ2n) is 2.22. The van der Waals surface area contributed by atoms with E-state index >= 15 is 0 Å². The fourth-order valence-corrected chi connectivity index (χ4v) is 1.39. The van der Waals surface area contributed by atoms with Gasteiger partial charge in [-0.2, -0.15) is 4.37 Å². The van der Waals surface area contributed by atoms with E-state index in [4.69, 9.17) is 11.6 Å². The number of hydrogen-bond donors (Lipinski definition) is 0. The lowest BCUT2D eigenvalue weighted by molar-refractivity contribution is 1.32. The standard InChI is InChI=1S/C8H4ClN2S/c9-7-3-1-6(2-4-7)8-10-5-12-11-8/h1-4H. The van der Waals surface area contributed by atoms with Crippen LogP contribution in [-0.2, 0) is 0 Å². The van der Waals surface area contributed by atoms with Crippen LogP contribution in [0.25, 0.3) is 11.4 Å². The molecule has 0 fully saturated rings. The predicted molar refractivity (Wildman–Crippen MR) is 49.2 cm³/mol. The van der Waals surface area contributed by atoms with Crippen molar-refractivity contribution in [1.29, 1.82) is 0 Å². The normalized spacial score (nSPS) is 10.1. The summed E-state index contributed by atoms with van der Waals surface area (Å²) in [7, 11) is 0. The van der Waals surface area contributed by atoms with Gasteiger partial charge < -0.3 is 0 Å². The Hall–Kier alpha value is -0.930. The highest BCUT2D eigenvalue weighted by atomic mass is 35.5. The lowest BCUT2D eigenvalue weighted by Gasteiger charge is -1.93. The summed E-state index contributed by atoms with van der Waals surface area (Å²) in [6.45, 7) is 0. The summed E-state index contributed by atoms with van der Waals surface area (Å²) >= 11 is 6.95. The Labute approximate surface area is 79.0 Å². The molecule has 0 amide bonds. The van der Waals surface area contributed by atoms with Crippen molar-refractivity contribution in [3.63, 3.8) is 0 Å². The molecule has 1 aromatic carbocycles. The Kier molecular flexibility index (Phi) is 2.06. The first kappa shape index (κ1) is 7.71. The molecular weight excluding hydrogens is 192 g/mol. The molecule has 0 saturated heterocycles. The molecule has 2 aromatic rings. The van der Waals surface area contributed by atoms with E-state index in [9.17, 15) is 0 Å². The van der Waals surface area contributed by atoms with Crippen LogP contribution < -0.4 is 0 Å². The third-order valence-corrected chi connectivity index (χ3v) is 2.12. The lowest BCUT2D eigenvalue weighted by atomic mass is 10.2. The minimum Gasteiger partial charge on any atom is -0.212 e. The molecule has 0 aliphatic carbocycles. The molecule has 59 valence electrons. The molecular formula is C8H4ClN2S. The van der Waals surface area contributed by atoms with Crippen molar-refractivity contribution >= 4 is 23.1 Å². The highest BCUT2D eigenvalue weighted by molar-refractivity contribution is 7.02. The largest absolute Gasteiger partial charge is 0.212 e. The van der Waals surface area contributed by atoms with E-state index in [1.54, 1.807) is 0 Å². The first-order valence-corrected chi connectivity index (χ1v) is 4.47. The quantitative estimate of drug-likeness (QED) is 0.699. The minimum atomic E-state index is 0.705. The molecule has 0 unspecified atom stereocenters. The Balaban J connectivity index is 2.43. The van der Waals surface area contributed by atoms with Gasteiger partial charge in [-0.15, -0.1) is 0 Å². The van der Waals surface area contributed by atoms with E-state index in [0.29, 0.717) is 5.82 Å². The van der Waals surface area contributed by atoms with Crippen molar-refractivity contribution < 1.29 is 0 Å². The smallest absolute Gasteiger partial charge is 0.174 e. The molecule has 0 saturated carbocycles. The van der Waals surface area contributed by atoms with Gasteiger partial charge in [-0.05, 0) is 35.8 Å². The first-order valence-electron chi connectivity index (χ1n) is 3.32. The molecule has 0 aliphatic heterocycles. The average Bonchev–Trinajstić information content (AvgIpc) is 2.58. The number of nitrogens with zero attached hydrogens (tertiary/aromatic N) is 2. The molecule has 0 atom stereocenters. The molecule has 1 aromatic heterocycles. The summed E-state index contributed by atoms with van der Waals surface area (Å²) in [6, 6.07) is 7.41. The molecule has 0 spiro atoms. The maximum Gasteiger partial charge on any atom is 0.174 e. The van der Waals surface area contributed by atoms with Crippen molar-refractivity contribution in [2.75, 3.05) is 0 Å². The van der Waals surface area contributed by atoms with Gasteiger partial charge in [0.25, 0.3) is 0 Å². The van der Waals surface area contributed by atoms with Gasteiger partial charge in [0.1, 0.15) is 0 Å². The number of halogens is 1. The Morgan fingerprint density at radius 1 is 1.25 bits per heavy atom. The zero-order chi connectivity index (χ0) is 8.39. The molecule has 0 aliphatic rings. The van der Waals surface area contributed by atoms with Gasteiger partial charge in [-0.1, -0.05) is 11.6 Å². The number of benzene rings is 1. The Morgan fingerprint density at radius 3 is 2.58 bits per heavy atom. The van der Waals surface area contributed by atoms with Gasteiger partial charge in [0.05, 0.1) is 0 Å². The van der Waals surface area contributed by atoms with Crippen LogP contribution >= 0.6 is 23.1 Å². The second kappa shape index (κ2) is 3.21. The van der Waals surface area contributed by atoms with Crippen molar-refractivity contribution in [3.05, 3.63) is 34.8 Å². The summed E-state index contributed by atoms with van der Waals surface area (Å²) in [4.78, 5) is 3.96. The van der Waals surface area contributed by atoms with E-state index in [0.717, 1.165) is 10.6 Å². The van der Waals surface area contributed by atoms with Gasteiger partial charge in [0, 0.05) is 10.6 Å². The minimum absolute atomic E-state index is 0.705. The Bertz CT molecular complexity index is 355. The molecule has 4 heteroatoms. The lowest BCUT2D eigenvalue weighted by Crippen LogP contribution is -1.78. The fraction of sp³-hybridized carbons (Fsp3) is 0. The highest BCUT2D eigenvalue weighted by Crippen LogP contribution is 2.17. The van der Waals surface area contributed by atoms with E-state index in [-0.39, 0.29) is 0 Å². The number of aromatic nitrogens is 2. The van der Waals surface area contributed by atoms with E-state index < -0.39 is 0 Å². The van der Waals surface area contributed by atoms with Crippen molar-refractivity contribution in [3.8, 4) is 11.4 Å². The summed E-state index contributed by atoms with van der Waals surface area (Å²) in [5.41, 5.74) is 3.66. The van der Waals surface area contributed by atoms with Gasteiger partial charge in [-0.25, -0.2) is 4.98 Å². The topological polar surface area (TPSA) is 25.8 Å². The van der Waals surface area contributed by atoms with Gasteiger partial charge in [-0.3, -0.25) is 0 Å². The molecule has 1 radical (unpaired) electrons. The first-order chi connectivity index (χ1) is 5.86. The molecule has 2 rings (SSSR count). The van der Waals surface area contributed by atoms with Crippen molar-refractivity contribution in [2.24, 2.45) is 0 Å². The maximum absolute atomic E-state index is 5.73. The van der Waals surface area contributed by atoms with Crippen LogP contribution in [0.1, 0.15) is 0 Å². The zero-order valence-corrected chi connectivity index (χ0v) is 7.56. The molecule has 1 heterocycles. The number of hydrogen-bond acceptors (Lipinski definition) is 3. The van der Waals surface area contributed by atoms with Crippen molar-refractivity contribution in [1.82, 2.24) is 9.36 Å². The molecule has 2 nitrogen and oxygen atoms in total. The monoisotopic (exact) mass is 195 g/mol. The van der Waals surface area contributed by atoms with Crippen LogP contribution in [0.2, 0.25) is 5.02 Å². The molecule has 0 N–H and O–H groups in total. The SMILES string of the molecule is Clc1ccc(-c2n[c]sn2)cc1. The highest BCUT2D eigenvalue weighted by Gasteiger charge is 1.99. The van der Waals surface area contributed by atoms with Crippen LogP contribution in [0.3, 0.4) is 0 Å². The van der Waals surface area contributed by atoms with Crippen LogP contribution in [0.5, 0.6) is 0 Å². The van der Waals surface area contributed by atoms with Gasteiger partial charge in [0.15, 0.2) is 11.3 Å². The van der Waals surface area contributed by atoms with Gasteiger partial charge >= 0.3 is 0 Å². The van der Waals surface area contributed by atoms with E-state index in [1.807, 2.05) is 24.3 Å². The molecule has 12 heavy (non-hydrogen) atoms. The van der Waals surface area contributed by atoms with E-state index in [1.165, 1.54) is 11.5 Å².